The molecule has 1 saturated heterocycles. The highest BCUT2D eigenvalue weighted by Gasteiger charge is 2.31. The first-order valence-corrected chi connectivity index (χ1v) is 6.14. The molecule has 0 spiro atoms. The Kier molecular flexibility index (Phi) is 4.43. The largest absolute Gasteiger partial charge is 0.378 e. The van der Waals surface area contributed by atoms with Crippen molar-refractivity contribution in [2.75, 3.05) is 6.61 Å². The molecule has 0 radical (unpaired) electrons. The summed E-state index contributed by atoms with van der Waals surface area (Å²) in [5.74, 6) is 3.07. The summed E-state index contributed by atoms with van der Waals surface area (Å²) < 4.78 is 5.93. The maximum Gasteiger partial charge on any atom is 0.0610 e. The Labute approximate surface area is 89.2 Å². The minimum atomic E-state index is 0.513. The second-order valence-electron chi connectivity index (χ2n) is 5.60. The molecular formula is C13H26O. The molecule has 14 heavy (non-hydrogen) atoms. The Morgan fingerprint density at radius 3 is 2.07 bits per heavy atom. The van der Waals surface area contributed by atoms with Crippen LogP contribution in [0, 0.1) is 23.7 Å². The molecule has 84 valence electrons. The normalized spacial score (nSPS) is 29.1. The minimum Gasteiger partial charge on any atom is -0.378 e. The highest BCUT2D eigenvalue weighted by atomic mass is 16.5. The Balaban J connectivity index is 2.58. The van der Waals surface area contributed by atoms with Gasteiger partial charge in [0.2, 0.25) is 0 Å². The Morgan fingerprint density at radius 1 is 1.07 bits per heavy atom. The van der Waals surface area contributed by atoms with Crippen LogP contribution in [0.4, 0.5) is 0 Å². The number of hydrogen-bond donors (Lipinski definition) is 0. The topological polar surface area (TPSA) is 9.23 Å². The SMILES string of the molecule is CC1CCOC(C(C(C)C)C(C)C)C1. The Hall–Kier alpha value is -0.0400. The molecule has 0 aromatic heterocycles. The Morgan fingerprint density at radius 2 is 1.64 bits per heavy atom. The van der Waals surface area contributed by atoms with Crippen molar-refractivity contribution in [1.29, 1.82) is 0 Å². The first kappa shape index (κ1) is 12.0. The summed E-state index contributed by atoms with van der Waals surface area (Å²) in [6.45, 7) is 12.6. The van der Waals surface area contributed by atoms with Crippen molar-refractivity contribution in [2.24, 2.45) is 23.7 Å². The summed E-state index contributed by atoms with van der Waals surface area (Å²) in [5.41, 5.74) is 0. The highest BCUT2D eigenvalue weighted by Crippen LogP contribution is 2.33. The van der Waals surface area contributed by atoms with Crippen molar-refractivity contribution < 1.29 is 4.74 Å². The fraction of sp³-hybridized carbons (Fsp3) is 1.00. The van der Waals surface area contributed by atoms with Crippen LogP contribution in [0.3, 0.4) is 0 Å². The maximum atomic E-state index is 5.93. The van der Waals surface area contributed by atoms with Crippen molar-refractivity contribution in [1.82, 2.24) is 0 Å². The van der Waals surface area contributed by atoms with Crippen molar-refractivity contribution >= 4 is 0 Å². The summed E-state index contributed by atoms with van der Waals surface area (Å²) in [5, 5.41) is 0. The molecule has 0 amide bonds. The first-order chi connectivity index (χ1) is 6.52. The van der Waals surface area contributed by atoms with Crippen molar-refractivity contribution in [2.45, 2.75) is 53.6 Å². The smallest absolute Gasteiger partial charge is 0.0610 e. The second-order valence-corrected chi connectivity index (χ2v) is 5.60. The van der Waals surface area contributed by atoms with Crippen LogP contribution < -0.4 is 0 Å². The van der Waals surface area contributed by atoms with E-state index in [0.717, 1.165) is 30.3 Å². The van der Waals surface area contributed by atoms with E-state index in [1.165, 1.54) is 12.8 Å². The van der Waals surface area contributed by atoms with Crippen LogP contribution >= 0.6 is 0 Å². The maximum absolute atomic E-state index is 5.93. The molecule has 1 rings (SSSR count). The van der Waals surface area contributed by atoms with E-state index in [1.807, 2.05) is 0 Å². The zero-order chi connectivity index (χ0) is 10.7. The van der Waals surface area contributed by atoms with E-state index < -0.39 is 0 Å². The standard InChI is InChI=1S/C13H26O/c1-9(2)13(10(3)4)12-8-11(5)6-7-14-12/h9-13H,6-8H2,1-5H3. The van der Waals surface area contributed by atoms with Gasteiger partial charge in [0.15, 0.2) is 0 Å². The van der Waals surface area contributed by atoms with Crippen molar-refractivity contribution in [3.63, 3.8) is 0 Å². The van der Waals surface area contributed by atoms with Gasteiger partial charge in [-0.05, 0) is 36.5 Å². The predicted molar refractivity (Wildman–Crippen MR) is 61.3 cm³/mol. The van der Waals surface area contributed by atoms with Gasteiger partial charge in [0, 0.05) is 6.61 Å². The summed E-state index contributed by atoms with van der Waals surface area (Å²) >= 11 is 0. The molecule has 0 bridgehead atoms. The van der Waals surface area contributed by atoms with Crippen LogP contribution in [0.25, 0.3) is 0 Å². The van der Waals surface area contributed by atoms with Gasteiger partial charge in [-0.15, -0.1) is 0 Å². The van der Waals surface area contributed by atoms with Gasteiger partial charge in [0.25, 0.3) is 0 Å². The third-order valence-electron chi connectivity index (χ3n) is 3.55. The molecule has 0 N–H and O–H groups in total. The number of rotatable bonds is 3. The molecule has 1 heteroatoms. The van der Waals surface area contributed by atoms with Crippen LogP contribution in [-0.2, 0) is 4.74 Å². The molecule has 2 unspecified atom stereocenters. The number of ether oxygens (including phenoxy) is 1. The average Bonchev–Trinajstić information content (AvgIpc) is 2.02. The van der Waals surface area contributed by atoms with Crippen LogP contribution in [0.2, 0.25) is 0 Å². The molecule has 1 nitrogen and oxygen atoms in total. The molecule has 1 aliphatic rings. The quantitative estimate of drug-likeness (QED) is 0.671. The molecule has 0 aromatic carbocycles. The van der Waals surface area contributed by atoms with E-state index in [1.54, 1.807) is 0 Å². The third-order valence-corrected chi connectivity index (χ3v) is 3.55. The van der Waals surface area contributed by atoms with Gasteiger partial charge in [0.05, 0.1) is 6.10 Å². The Bertz CT molecular complexity index is 155. The lowest BCUT2D eigenvalue weighted by molar-refractivity contribution is -0.0630. The van der Waals surface area contributed by atoms with E-state index in [9.17, 15) is 0 Å². The second kappa shape index (κ2) is 5.16. The van der Waals surface area contributed by atoms with Crippen molar-refractivity contribution in [3.8, 4) is 0 Å². The van der Waals surface area contributed by atoms with Gasteiger partial charge in [-0.2, -0.15) is 0 Å². The van der Waals surface area contributed by atoms with E-state index in [0.29, 0.717) is 6.10 Å². The van der Waals surface area contributed by atoms with Gasteiger partial charge in [-0.1, -0.05) is 34.6 Å². The predicted octanol–water partition coefficient (Wildman–Crippen LogP) is 3.73. The zero-order valence-corrected chi connectivity index (χ0v) is 10.4. The van der Waals surface area contributed by atoms with E-state index in [4.69, 9.17) is 4.74 Å². The molecule has 0 saturated carbocycles. The van der Waals surface area contributed by atoms with Gasteiger partial charge in [-0.25, -0.2) is 0 Å². The van der Waals surface area contributed by atoms with E-state index >= 15 is 0 Å². The molecular weight excluding hydrogens is 172 g/mol. The van der Waals surface area contributed by atoms with Crippen LogP contribution in [0.5, 0.6) is 0 Å². The van der Waals surface area contributed by atoms with Gasteiger partial charge >= 0.3 is 0 Å². The molecule has 0 aliphatic carbocycles. The van der Waals surface area contributed by atoms with Crippen molar-refractivity contribution in [3.05, 3.63) is 0 Å². The van der Waals surface area contributed by atoms with Gasteiger partial charge in [-0.3, -0.25) is 0 Å². The lowest BCUT2D eigenvalue weighted by atomic mass is 9.77. The number of hydrogen-bond acceptors (Lipinski definition) is 1. The van der Waals surface area contributed by atoms with Crippen LogP contribution in [0.15, 0.2) is 0 Å². The van der Waals surface area contributed by atoms with Gasteiger partial charge in [0.1, 0.15) is 0 Å². The lowest BCUT2D eigenvalue weighted by Crippen LogP contribution is -2.36. The highest BCUT2D eigenvalue weighted by molar-refractivity contribution is 4.80. The minimum absolute atomic E-state index is 0.513. The van der Waals surface area contributed by atoms with E-state index in [2.05, 4.69) is 34.6 Å². The summed E-state index contributed by atoms with van der Waals surface area (Å²) in [7, 11) is 0. The molecule has 1 aliphatic heterocycles. The molecule has 1 heterocycles. The molecule has 2 atom stereocenters. The summed E-state index contributed by atoms with van der Waals surface area (Å²) in [6.07, 6.45) is 3.03. The van der Waals surface area contributed by atoms with Crippen LogP contribution in [0.1, 0.15) is 47.5 Å². The molecule has 0 aromatic rings. The fourth-order valence-corrected chi connectivity index (χ4v) is 2.90. The lowest BCUT2D eigenvalue weighted by Gasteiger charge is -2.37. The van der Waals surface area contributed by atoms with E-state index in [-0.39, 0.29) is 0 Å². The average molecular weight is 198 g/mol. The summed E-state index contributed by atoms with van der Waals surface area (Å²) in [4.78, 5) is 0. The monoisotopic (exact) mass is 198 g/mol. The first-order valence-electron chi connectivity index (χ1n) is 6.14. The fourth-order valence-electron chi connectivity index (χ4n) is 2.90. The zero-order valence-electron chi connectivity index (χ0n) is 10.4. The third kappa shape index (κ3) is 2.98. The van der Waals surface area contributed by atoms with Gasteiger partial charge < -0.3 is 4.74 Å². The van der Waals surface area contributed by atoms with Crippen LogP contribution in [-0.4, -0.2) is 12.7 Å². The molecule has 1 fully saturated rings. The summed E-state index contributed by atoms with van der Waals surface area (Å²) in [6, 6.07) is 0.